The molecule has 0 saturated carbocycles. The van der Waals surface area contributed by atoms with Crippen molar-refractivity contribution in [3.05, 3.63) is 35.9 Å². The molecule has 0 amide bonds. The Hall–Kier alpha value is -0.670. The SMILES string of the molecule is CC(C)C(OS(C)=O)c1ccccc1. The van der Waals surface area contributed by atoms with Gasteiger partial charge < -0.3 is 0 Å². The zero-order valence-electron chi connectivity index (χ0n) is 8.77. The molecular weight excluding hydrogens is 196 g/mol. The van der Waals surface area contributed by atoms with Crippen molar-refractivity contribution < 1.29 is 8.39 Å². The van der Waals surface area contributed by atoms with Gasteiger partial charge in [0.2, 0.25) is 0 Å². The minimum atomic E-state index is -1.22. The summed E-state index contributed by atoms with van der Waals surface area (Å²) in [7, 11) is 0. The molecule has 2 unspecified atom stereocenters. The van der Waals surface area contributed by atoms with E-state index in [0.29, 0.717) is 5.92 Å². The smallest absolute Gasteiger partial charge is 0.152 e. The maximum atomic E-state index is 11.0. The molecule has 0 saturated heterocycles. The van der Waals surface area contributed by atoms with Crippen LogP contribution in [0.25, 0.3) is 0 Å². The fraction of sp³-hybridized carbons (Fsp3) is 0.455. The van der Waals surface area contributed by atoms with E-state index in [1.54, 1.807) is 6.26 Å². The highest BCUT2D eigenvalue weighted by atomic mass is 32.2. The zero-order valence-corrected chi connectivity index (χ0v) is 9.58. The second-order valence-corrected chi connectivity index (χ2v) is 4.57. The Balaban J connectivity index is 2.83. The lowest BCUT2D eigenvalue weighted by molar-refractivity contribution is 0.175. The van der Waals surface area contributed by atoms with Crippen LogP contribution in [0.5, 0.6) is 0 Å². The third-order valence-corrected chi connectivity index (χ3v) is 2.45. The summed E-state index contributed by atoms with van der Waals surface area (Å²) in [5.41, 5.74) is 1.08. The van der Waals surface area contributed by atoms with Crippen LogP contribution in [0.2, 0.25) is 0 Å². The van der Waals surface area contributed by atoms with Crippen LogP contribution in [-0.4, -0.2) is 10.5 Å². The molecule has 0 aliphatic heterocycles. The van der Waals surface area contributed by atoms with E-state index < -0.39 is 11.1 Å². The largest absolute Gasteiger partial charge is 0.282 e. The molecule has 0 fully saturated rings. The van der Waals surface area contributed by atoms with Gasteiger partial charge in [0.05, 0.1) is 0 Å². The van der Waals surface area contributed by atoms with Gasteiger partial charge in [0.15, 0.2) is 11.1 Å². The predicted molar refractivity (Wildman–Crippen MR) is 59.2 cm³/mol. The van der Waals surface area contributed by atoms with Gasteiger partial charge in [-0.15, -0.1) is 0 Å². The van der Waals surface area contributed by atoms with E-state index in [0.717, 1.165) is 5.56 Å². The molecule has 1 aromatic rings. The number of hydrogen-bond donors (Lipinski definition) is 0. The lowest BCUT2D eigenvalue weighted by Crippen LogP contribution is -2.12. The van der Waals surface area contributed by atoms with Crippen molar-refractivity contribution >= 4 is 11.1 Å². The van der Waals surface area contributed by atoms with Crippen LogP contribution in [0.4, 0.5) is 0 Å². The van der Waals surface area contributed by atoms with Crippen molar-refractivity contribution in [2.75, 3.05) is 6.26 Å². The lowest BCUT2D eigenvalue weighted by atomic mass is 9.99. The van der Waals surface area contributed by atoms with E-state index in [4.69, 9.17) is 4.18 Å². The van der Waals surface area contributed by atoms with Crippen LogP contribution in [0, 0.1) is 5.92 Å². The van der Waals surface area contributed by atoms with Crippen LogP contribution in [0.1, 0.15) is 25.5 Å². The molecule has 0 radical (unpaired) electrons. The molecule has 14 heavy (non-hydrogen) atoms. The van der Waals surface area contributed by atoms with Crippen LogP contribution < -0.4 is 0 Å². The molecule has 0 heterocycles. The molecule has 0 N–H and O–H groups in total. The van der Waals surface area contributed by atoms with Crippen molar-refractivity contribution in [3.63, 3.8) is 0 Å². The molecule has 78 valence electrons. The number of hydrogen-bond acceptors (Lipinski definition) is 2. The summed E-state index contributed by atoms with van der Waals surface area (Å²) < 4.78 is 16.4. The Morgan fingerprint density at radius 1 is 1.21 bits per heavy atom. The highest BCUT2D eigenvalue weighted by Crippen LogP contribution is 2.25. The molecule has 2 atom stereocenters. The van der Waals surface area contributed by atoms with Gasteiger partial charge in [-0.1, -0.05) is 44.2 Å². The third kappa shape index (κ3) is 3.24. The van der Waals surface area contributed by atoms with E-state index in [1.807, 2.05) is 30.3 Å². The Kier molecular flexibility index (Phi) is 4.29. The fourth-order valence-electron chi connectivity index (χ4n) is 1.34. The molecule has 1 aromatic carbocycles. The molecule has 1 rings (SSSR count). The molecule has 0 bridgehead atoms. The Bertz CT molecular complexity index is 295. The summed E-state index contributed by atoms with van der Waals surface area (Å²) in [5, 5.41) is 0. The second-order valence-electron chi connectivity index (χ2n) is 3.57. The summed E-state index contributed by atoms with van der Waals surface area (Å²) in [4.78, 5) is 0. The van der Waals surface area contributed by atoms with Crippen molar-refractivity contribution in [2.45, 2.75) is 20.0 Å². The van der Waals surface area contributed by atoms with E-state index in [1.165, 1.54) is 0 Å². The highest BCUT2D eigenvalue weighted by molar-refractivity contribution is 7.79. The monoisotopic (exact) mass is 212 g/mol. The molecule has 2 nitrogen and oxygen atoms in total. The minimum absolute atomic E-state index is 0.0815. The van der Waals surface area contributed by atoms with Gasteiger partial charge in [-0.25, -0.2) is 4.21 Å². The summed E-state index contributed by atoms with van der Waals surface area (Å²) in [5.74, 6) is 0.321. The van der Waals surface area contributed by atoms with Gasteiger partial charge in [-0.2, -0.15) is 0 Å². The molecule has 0 spiro atoms. The average molecular weight is 212 g/mol. The first-order valence-corrected chi connectivity index (χ1v) is 6.15. The van der Waals surface area contributed by atoms with Crippen molar-refractivity contribution in [1.29, 1.82) is 0 Å². The van der Waals surface area contributed by atoms with E-state index >= 15 is 0 Å². The topological polar surface area (TPSA) is 26.3 Å². The normalized spacial score (nSPS) is 15.4. The summed E-state index contributed by atoms with van der Waals surface area (Å²) >= 11 is -1.22. The Morgan fingerprint density at radius 3 is 2.21 bits per heavy atom. The Labute approximate surface area is 88.0 Å². The summed E-state index contributed by atoms with van der Waals surface area (Å²) in [6, 6.07) is 9.89. The van der Waals surface area contributed by atoms with Crippen LogP contribution >= 0.6 is 0 Å². The predicted octanol–water partition coefficient (Wildman–Crippen LogP) is 2.69. The van der Waals surface area contributed by atoms with Gasteiger partial charge in [0.25, 0.3) is 0 Å². The average Bonchev–Trinajstić information content (AvgIpc) is 2.15. The van der Waals surface area contributed by atoms with Crippen LogP contribution in [-0.2, 0) is 15.3 Å². The van der Waals surface area contributed by atoms with E-state index in [-0.39, 0.29) is 6.10 Å². The molecule has 0 aliphatic rings. The quantitative estimate of drug-likeness (QED) is 0.767. The fourth-order valence-corrected chi connectivity index (χ4v) is 1.97. The highest BCUT2D eigenvalue weighted by Gasteiger charge is 2.17. The molecule has 0 aromatic heterocycles. The number of rotatable bonds is 4. The summed E-state index contributed by atoms with van der Waals surface area (Å²) in [6.07, 6.45) is 1.47. The lowest BCUT2D eigenvalue weighted by Gasteiger charge is -2.19. The zero-order chi connectivity index (χ0) is 10.6. The van der Waals surface area contributed by atoms with E-state index in [2.05, 4.69) is 13.8 Å². The first-order valence-electron chi connectivity index (χ1n) is 4.66. The minimum Gasteiger partial charge on any atom is -0.282 e. The Morgan fingerprint density at radius 2 is 1.79 bits per heavy atom. The van der Waals surface area contributed by atoms with E-state index in [9.17, 15) is 4.21 Å². The van der Waals surface area contributed by atoms with Crippen molar-refractivity contribution in [1.82, 2.24) is 0 Å². The second kappa shape index (κ2) is 5.27. The van der Waals surface area contributed by atoms with Crippen molar-refractivity contribution in [2.24, 2.45) is 5.92 Å². The first-order chi connectivity index (χ1) is 6.61. The van der Waals surface area contributed by atoms with Gasteiger partial charge in [-0.3, -0.25) is 4.18 Å². The molecule has 3 heteroatoms. The van der Waals surface area contributed by atoms with Crippen LogP contribution in [0.3, 0.4) is 0 Å². The standard InChI is InChI=1S/C11H16O2S/c1-9(2)11(13-14(3)12)10-7-5-4-6-8-10/h4-9,11H,1-3H3. The maximum Gasteiger partial charge on any atom is 0.152 e. The molecule has 0 aliphatic carbocycles. The third-order valence-electron chi connectivity index (χ3n) is 1.97. The van der Waals surface area contributed by atoms with Gasteiger partial charge in [0, 0.05) is 6.26 Å². The van der Waals surface area contributed by atoms with Gasteiger partial charge >= 0.3 is 0 Å². The van der Waals surface area contributed by atoms with Crippen molar-refractivity contribution in [3.8, 4) is 0 Å². The van der Waals surface area contributed by atoms with Gasteiger partial charge in [-0.05, 0) is 11.5 Å². The molecular formula is C11H16O2S. The first kappa shape index (κ1) is 11.4. The number of benzene rings is 1. The van der Waals surface area contributed by atoms with Crippen LogP contribution in [0.15, 0.2) is 30.3 Å². The van der Waals surface area contributed by atoms with Gasteiger partial charge in [0.1, 0.15) is 6.10 Å². The summed E-state index contributed by atoms with van der Waals surface area (Å²) in [6.45, 7) is 4.12. The maximum absolute atomic E-state index is 11.0.